The van der Waals surface area contributed by atoms with E-state index in [1.807, 2.05) is 13.0 Å². The van der Waals surface area contributed by atoms with Gasteiger partial charge in [0.2, 0.25) is 0 Å². The zero-order chi connectivity index (χ0) is 12.5. The molecule has 0 amide bonds. The molecule has 0 radical (unpaired) electrons. The van der Waals surface area contributed by atoms with E-state index < -0.39 is 0 Å². The maximum atomic E-state index is 5.68. The van der Waals surface area contributed by atoms with Gasteiger partial charge in [-0.05, 0) is 25.1 Å². The number of rotatable bonds is 3. The summed E-state index contributed by atoms with van der Waals surface area (Å²) in [6.07, 6.45) is 0. The topological polar surface area (TPSA) is 91.0 Å². The first kappa shape index (κ1) is 11.1. The van der Waals surface area contributed by atoms with Gasteiger partial charge >= 0.3 is 0 Å². The van der Waals surface area contributed by atoms with Crippen LogP contribution in [0.3, 0.4) is 0 Å². The van der Waals surface area contributed by atoms with E-state index in [0.29, 0.717) is 16.7 Å². The molecule has 0 fully saturated rings. The highest BCUT2D eigenvalue weighted by atomic mass is 32.2. The summed E-state index contributed by atoms with van der Waals surface area (Å²) in [6.45, 7) is 1.85. The predicted molar refractivity (Wildman–Crippen MR) is 67.0 cm³/mol. The first-order valence-corrected chi connectivity index (χ1v) is 6.28. The fourth-order valence-electron chi connectivity index (χ4n) is 1.50. The number of anilines is 1. The minimum atomic E-state index is 0.581. The van der Waals surface area contributed by atoms with E-state index in [2.05, 4.69) is 19.9 Å². The summed E-state index contributed by atoms with van der Waals surface area (Å²) < 4.78 is 10.2. The molecule has 2 N–H and O–H groups in total. The molecule has 6 nitrogen and oxygen atoms in total. The monoisotopic (exact) mass is 262 g/mol. The molecular formula is C11H10N4O2S. The van der Waals surface area contributed by atoms with E-state index in [4.69, 9.17) is 10.2 Å². The van der Waals surface area contributed by atoms with Crippen molar-refractivity contribution in [3.05, 3.63) is 29.6 Å². The minimum absolute atomic E-state index is 0.581. The minimum Gasteiger partial charge on any atom is -0.431 e. The Kier molecular flexibility index (Phi) is 2.67. The molecule has 0 aliphatic rings. The van der Waals surface area contributed by atoms with E-state index in [9.17, 15) is 0 Å². The number of aromatic nitrogens is 3. The quantitative estimate of drug-likeness (QED) is 0.572. The molecule has 2 aromatic heterocycles. The molecule has 0 aliphatic carbocycles. The van der Waals surface area contributed by atoms with Crippen molar-refractivity contribution < 1.29 is 9.05 Å². The highest BCUT2D eigenvalue weighted by molar-refractivity contribution is 7.98. The predicted octanol–water partition coefficient (Wildman–Crippen LogP) is 2.39. The summed E-state index contributed by atoms with van der Waals surface area (Å²) in [5.74, 6) is 0.609. The van der Waals surface area contributed by atoms with E-state index in [1.54, 1.807) is 12.1 Å². The third kappa shape index (κ3) is 2.04. The largest absolute Gasteiger partial charge is 0.431 e. The fourth-order valence-corrected chi connectivity index (χ4v) is 2.33. The van der Waals surface area contributed by atoms with Gasteiger partial charge in [0, 0.05) is 5.69 Å². The smallest absolute Gasteiger partial charge is 0.257 e. The van der Waals surface area contributed by atoms with Crippen molar-refractivity contribution in [2.75, 3.05) is 5.73 Å². The van der Waals surface area contributed by atoms with Gasteiger partial charge in [-0.15, -0.1) is 0 Å². The first-order valence-electron chi connectivity index (χ1n) is 5.29. The number of fused-ring (bicyclic) bond motifs is 1. The van der Waals surface area contributed by atoms with Crippen molar-refractivity contribution in [1.82, 2.24) is 15.3 Å². The average molecular weight is 262 g/mol. The van der Waals surface area contributed by atoms with Crippen LogP contribution in [-0.2, 0) is 5.75 Å². The Hall–Kier alpha value is -2.02. The van der Waals surface area contributed by atoms with Crippen molar-refractivity contribution in [3.63, 3.8) is 0 Å². The Morgan fingerprint density at radius 3 is 3.00 bits per heavy atom. The molecule has 0 bridgehead atoms. The number of aryl methyl sites for hydroxylation is 1. The summed E-state index contributed by atoms with van der Waals surface area (Å²) in [7, 11) is 0. The third-order valence-corrected chi connectivity index (χ3v) is 3.31. The molecule has 1 aromatic carbocycles. The maximum Gasteiger partial charge on any atom is 0.257 e. The Morgan fingerprint density at radius 2 is 2.22 bits per heavy atom. The zero-order valence-corrected chi connectivity index (χ0v) is 10.4. The van der Waals surface area contributed by atoms with Crippen LogP contribution < -0.4 is 5.73 Å². The van der Waals surface area contributed by atoms with Crippen molar-refractivity contribution in [2.45, 2.75) is 17.9 Å². The number of thioether (sulfide) groups is 1. The summed E-state index contributed by atoms with van der Waals surface area (Å²) in [4.78, 5) is 4.34. The zero-order valence-electron chi connectivity index (χ0n) is 9.58. The van der Waals surface area contributed by atoms with Crippen LogP contribution in [0.15, 0.2) is 32.5 Å². The Balaban J connectivity index is 1.81. The van der Waals surface area contributed by atoms with E-state index in [1.165, 1.54) is 11.8 Å². The lowest BCUT2D eigenvalue weighted by atomic mass is 10.3. The molecule has 0 aliphatic heterocycles. The van der Waals surface area contributed by atoms with Crippen LogP contribution in [0.2, 0.25) is 0 Å². The molecule has 0 unspecified atom stereocenters. The molecule has 0 saturated heterocycles. The lowest BCUT2D eigenvalue weighted by Gasteiger charge is -1.91. The van der Waals surface area contributed by atoms with Crippen LogP contribution >= 0.6 is 11.8 Å². The van der Waals surface area contributed by atoms with E-state index >= 15 is 0 Å². The molecule has 0 spiro atoms. The van der Waals surface area contributed by atoms with E-state index in [-0.39, 0.29) is 0 Å². The standard InChI is InChI=1S/C11H10N4O2S/c1-6-9(15-17-14-6)5-18-11-13-8-4-7(12)2-3-10(8)16-11/h2-4H,5,12H2,1H3. The highest BCUT2D eigenvalue weighted by Crippen LogP contribution is 2.27. The van der Waals surface area contributed by atoms with Crippen molar-refractivity contribution in [2.24, 2.45) is 0 Å². The molecule has 92 valence electrons. The van der Waals surface area contributed by atoms with Gasteiger partial charge in [0.05, 0.1) is 5.75 Å². The number of hydrogen-bond acceptors (Lipinski definition) is 7. The number of nitrogen functional groups attached to an aromatic ring is 1. The van der Waals surface area contributed by atoms with Crippen molar-refractivity contribution in [1.29, 1.82) is 0 Å². The van der Waals surface area contributed by atoms with Crippen LogP contribution in [0.1, 0.15) is 11.4 Å². The van der Waals surface area contributed by atoms with E-state index in [0.717, 1.165) is 22.5 Å². The first-order chi connectivity index (χ1) is 8.72. The number of benzene rings is 1. The van der Waals surface area contributed by atoms with Gasteiger partial charge in [-0.25, -0.2) is 9.61 Å². The lowest BCUT2D eigenvalue weighted by molar-refractivity contribution is 0.302. The van der Waals surface area contributed by atoms with Gasteiger partial charge in [-0.3, -0.25) is 0 Å². The van der Waals surface area contributed by atoms with Gasteiger partial charge in [0.25, 0.3) is 5.22 Å². The second-order valence-electron chi connectivity index (χ2n) is 3.79. The molecule has 18 heavy (non-hydrogen) atoms. The van der Waals surface area contributed by atoms with Gasteiger partial charge in [-0.1, -0.05) is 22.1 Å². The number of oxazole rings is 1. The summed E-state index contributed by atoms with van der Waals surface area (Å²) in [5.41, 5.74) is 9.41. The van der Waals surface area contributed by atoms with Gasteiger partial charge in [0.15, 0.2) is 5.58 Å². The number of nitrogens with two attached hydrogens (primary N) is 1. The Bertz CT molecular complexity index is 691. The van der Waals surface area contributed by atoms with Crippen LogP contribution in [0.5, 0.6) is 0 Å². The normalized spacial score (nSPS) is 11.2. The maximum absolute atomic E-state index is 5.68. The van der Waals surface area contributed by atoms with Gasteiger partial charge in [0.1, 0.15) is 16.9 Å². The molecular weight excluding hydrogens is 252 g/mol. The molecule has 3 rings (SSSR count). The molecule has 3 aromatic rings. The lowest BCUT2D eigenvalue weighted by Crippen LogP contribution is -1.84. The van der Waals surface area contributed by atoms with Crippen molar-refractivity contribution >= 4 is 28.5 Å². The summed E-state index contributed by atoms with van der Waals surface area (Å²) in [5, 5.41) is 8.10. The van der Waals surface area contributed by atoms with Gasteiger partial charge in [-0.2, -0.15) is 0 Å². The van der Waals surface area contributed by atoms with Crippen molar-refractivity contribution in [3.8, 4) is 0 Å². The average Bonchev–Trinajstić information content (AvgIpc) is 2.92. The van der Waals surface area contributed by atoms with Crippen LogP contribution in [0, 0.1) is 6.92 Å². The van der Waals surface area contributed by atoms with Crippen LogP contribution in [0.4, 0.5) is 5.69 Å². The second kappa shape index (κ2) is 4.34. The molecule has 2 heterocycles. The highest BCUT2D eigenvalue weighted by Gasteiger charge is 2.10. The Morgan fingerprint density at radius 1 is 1.33 bits per heavy atom. The summed E-state index contributed by atoms with van der Waals surface area (Å²) in [6, 6.07) is 5.38. The Labute approximate surface area is 107 Å². The molecule has 0 saturated carbocycles. The van der Waals surface area contributed by atoms with Crippen LogP contribution in [0.25, 0.3) is 11.1 Å². The van der Waals surface area contributed by atoms with Crippen LogP contribution in [-0.4, -0.2) is 15.3 Å². The molecule has 7 heteroatoms. The SMILES string of the molecule is Cc1nonc1CSc1nc2cc(N)ccc2o1. The third-order valence-electron chi connectivity index (χ3n) is 2.47. The second-order valence-corrected chi connectivity index (χ2v) is 4.72. The molecule has 0 atom stereocenters. The fraction of sp³-hybridized carbons (Fsp3) is 0.182. The number of nitrogens with zero attached hydrogens (tertiary/aromatic N) is 3. The van der Waals surface area contributed by atoms with Gasteiger partial charge < -0.3 is 10.2 Å². The summed E-state index contributed by atoms with van der Waals surface area (Å²) >= 11 is 1.44. The number of hydrogen-bond donors (Lipinski definition) is 1.